The van der Waals surface area contributed by atoms with E-state index in [4.69, 9.17) is 0 Å². The summed E-state index contributed by atoms with van der Waals surface area (Å²) in [5.41, 5.74) is 12.0. The molecule has 0 spiro atoms. The highest BCUT2D eigenvalue weighted by molar-refractivity contribution is 6.11. The first-order chi connectivity index (χ1) is 21.3. The fourth-order valence-electron chi connectivity index (χ4n) is 5.52. The van der Waals surface area contributed by atoms with Crippen molar-refractivity contribution in [1.82, 2.24) is 0 Å². The zero-order valence-electron chi connectivity index (χ0n) is 25.7. The summed E-state index contributed by atoms with van der Waals surface area (Å²) in [5, 5.41) is 0. The summed E-state index contributed by atoms with van der Waals surface area (Å²) in [6.45, 7) is 8.06. The Labute approximate surface area is 260 Å². The Hall–Kier alpha value is -5.34. The van der Waals surface area contributed by atoms with Gasteiger partial charge in [-0.2, -0.15) is 0 Å². The van der Waals surface area contributed by atoms with Gasteiger partial charge >= 0.3 is 0 Å². The van der Waals surface area contributed by atoms with Crippen LogP contribution in [0.5, 0.6) is 0 Å². The van der Waals surface area contributed by atoms with Crippen molar-refractivity contribution in [1.29, 1.82) is 0 Å². The topological polar surface area (TPSA) is 34.1 Å². The quantitative estimate of drug-likeness (QED) is 0.186. The molecule has 0 unspecified atom stereocenters. The van der Waals surface area contributed by atoms with E-state index in [-0.39, 0.29) is 11.6 Å². The molecule has 216 valence electrons. The van der Waals surface area contributed by atoms with E-state index < -0.39 is 0 Å². The lowest BCUT2D eigenvalue weighted by Crippen LogP contribution is -2.06. The standard InChI is InChI=1S/C22H20O.C20H16O/c1-15-13-16(2)21(17(3)14-15)22(23)20-11-9-19(10-12-20)18-7-5-4-6-8-18;1-15-6-5-9-19(14-15)20(21)18-12-10-17(11-13-18)16-7-3-2-4-8-16/h4-14H,1-3H3;2-14H,1H3. The lowest BCUT2D eigenvalue weighted by Gasteiger charge is -2.11. The van der Waals surface area contributed by atoms with E-state index in [1.807, 2.05) is 130 Å². The maximum Gasteiger partial charge on any atom is 0.193 e. The molecule has 0 atom stereocenters. The van der Waals surface area contributed by atoms with Crippen LogP contribution in [0.1, 0.15) is 54.1 Å². The monoisotopic (exact) mass is 572 g/mol. The van der Waals surface area contributed by atoms with Crippen LogP contribution in [-0.2, 0) is 0 Å². The number of hydrogen-bond donors (Lipinski definition) is 0. The van der Waals surface area contributed by atoms with Crippen LogP contribution < -0.4 is 0 Å². The predicted octanol–water partition coefficient (Wildman–Crippen LogP) is 10.4. The highest BCUT2D eigenvalue weighted by Crippen LogP contribution is 2.24. The molecule has 6 aromatic rings. The highest BCUT2D eigenvalue weighted by atomic mass is 16.1. The molecule has 0 fully saturated rings. The van der Waals surface area contributed by atoms with E-state index in [1.165, 1.54) is 5.56 Å². The summed E-state index contributed by atoms with van der Waals surface area (Å²) in [4.78, 5) is 25.3. The first kappa shape index (κ1) is 30.1. The van der Waals surface area contributed by atoms with E-state index in [0.29, 0.717) is 0 Å². The number of benzene rings is 6. The van der Waals surface area contributed by atoms with Gasteiger partial charge in [-0.15, -0.1) is 0 Å². The molecular formula is C42H36O2. The number of carbonyl (C=O) groups excluding carboxylic acids is 2. The number of ketones is 2. The zero-order valence-corrected chi connectivity index (χ0v) is 25.7. The molecule has 2 heteroatoms. The summed E-state index contributed by atoms with van der Waals surface area (Å²) >= 11 is 0. The van der Waals surface area contributed by atoms with E-state index in [2.05, 4.69) is 43.3 Å². The van der Waals surface area contributed by atoms with E-state index in [9.17, 15) is 9.59 Å². The zero-order chi connectivity index (χ0) is 31.1. The van der Waals surface area contributed by atoms with Crippen molar-refractivity contribution in [3.63, 3.8) is 0 Å². The number of carbonyl (C=O) groups is 2. The Morgan fingerprint density at radius 1 is 0.364 bits per heavy atom. The highest BCUT2D eigenvalue weighted by Gasteiger charge is 2.15. The molecule has 0 saturated carbocycles. The Bertz CT molecular complexity index is 1860. The van der Waals surface area contributed by atoms with Gasteiger partial charge in [-0.05, 0) is 67.1 Å². The summed E-state index contributed by atoms with van der Waals surface area (Å²) in [7, 11) is 0. The normalized spacial score (nSPS) is 10.5. The maximum absolute atomic E-state index is 12.8. The van der Waals surface area contributed by atoms with Gasteiger partial charge in [0.1, 0.15) is 0 Å². The molecule has 2 nitrogen and oxygen atoms in total. The molecule has 0 aromatic heterocycles. The average molecular weight is 573 g/mol. The van der Waals surface area contributed by atoms with Crippen LogP contribution in [0.3, 0.4) is 0 Å². The van der Waals surface area contributed by atoms with Crippen molar-refractivity contribution < 1.29 is 9.59 Å². The van der Waals surface area contributed by atoms with Crippen LogP contribution >= 0.6 is 0 Å². The molecular weight excluding hydrogens is 536 g/mol. The van der Waals surface area contributed by atoms with Gasteiger partial charge in [0.25, 0.3) is 0 Å². The third-order valence-electron chi connectivity index (χ3n) is 7.69. The van der Waals surface area contributed by atoms with E-state index >= 15 is 0 Å². The first-order valence-corrected chi connectivity index (χ1v) is 14.8. The predicted molar refractivity (Wildman–Crippen MR) is 182 cm³/mol. The van der Waals surface area contributed by atoms with Crippen LogP contribution in [0.15, 0.2) is 146 Å². The van der Waals surface area contributed by atoms with Crippen LogP contribution in [-0.4, -0.2) is 11.6 Å². The SMILES string of the molecule is Cc1cc(C)c(C(=O)c2ccc(-c3ccccc3)cc2)c(C)c1.Cc1cccc(C(=O)c2ccc(-c3ccccc3)cc2)c1. The number of rotatable bonds is 6. The summed E-state index contributed by atoms with van der Waals surface area (Å²) < 4.78 is 0. The van der Waals surface area contributed by atoms with Crippen LogP contribution in [0.4, 0.5) is 0 Å². The molecule has 44 heavy (non-hydrogen) atoms. The second-order valence-electron chi connectivity index (χ2n) is 11.2. The van der Waals surface area contributed by atoms with E-state index in [0.717, 1.165) is 61.2 Å². The Morgan fingerprint density at radius 3 is 1.25 bits per heavy atom. The Balaban J connectivity index is 0.000000175. The fraction of sp³-hybridized carbons (Fsp3) is 0.0952. The van der Waals surface area contributed by atoms with E-state index in [1.54, 1.807) is 0 Å². The lowest BCUT2D eigenvalue weighted by atomic mass is 9.92. The van der Waals surface area contributed by atoms with Gasteiger partial charge in [0, 0.05) is 22.3 Å². The molecule has 6 aromatic carbocycles. The van der Waals surface area contributed by atoms with Crippen molar-refractivity contribution >= 4 is 11.6 Å². The second kappa shape index (κ2) is 13.8. The minimum Gasteiger partial charge on any atom is -0.289 e. The fourth-order valence-corrected chi connectivity index (χ4v) is 5.52. The molecule has 0 saturated heterocycles. The Kier molecular flexibility index (Phi) is 9.42. The van der Waals surface area contributed by atoms with Crippen molar-refractivity contribution in [2.24, 2.45) is 0 Å². The van der Waals surface area contributed by atoms with Crippen molar-refractivity contribution in [2.75, 3.05) is 0 Å². The average Bonchev–Trinajstić information content (AvgIpc) is 3.05. The molecule has 0 bridgehead atoms. The minimum atomic E-state index is 0.0679. The third-order valence-corrected chi connectivity index (χ3v) is 7.69. The summed E-state index contributed by atoms with van der Waals surface area (Å²) in [6.07, 6.45) is 0. The minimum absolute atomic E-state index is 0.0679. The molecule has 0 aliphatic heterocycles. The smallest absolute Gasteiger partial charge is 0.193 e. The maximum atomic E-state index is 12.8. The van der Waals surface area contributed by atoms with Crippen molar-refractivity contribution in [3.05, 3.63) is 190 Å². The number of aryl methyl sites for hydroxylation is 4. The summed E-state index contributed by atoms with van der Waals surface area (Å²) in [6, 6.07) is 47.9. The first-order valence-electron chi connectivity index (χ1n) is 14.8. The molecule has 0 N–H and O–H groups in total. The van der Waals surface area contributed by atoms with Crippen LogP contribution in [0, 0.1) is 27.7 Å². The van der Waals surface area contributed by atoms with Crippen molar-refractivity contribution in [3.8, 4) is 22.3 Å². The van der Waals surface area contributed by atoms with Gasteiger partial charge in [-0.1, -0.05) is 151 Å². The van der Waals surface area contributed by atoms with Gasteiger partial charge in [-0.3, -0.25) is 9.59 Å². The molecule has 0 aliphatic rings. The third kappa shape index (κ3) is 7.17. The molecule has 0 amide bonds. The molecule has 6 rings (SSSR count). The van der Waals surface area contributed by atoms with Gasteiger partial charge in [0.2, 0.25) is 0 Å². The Morgan fingerprint density at radius 2 is 0.795 bits per heavy atom. The van der Waals surface area contributed by atoms with Gasteiger partial charge < -0.3 is 0 Å². The van der Waals surface area contributed by atoms with Gasteiger partial charge in [0.05, 0.1) is 0 Å². The van der Waals surface area contributed by atoms with Crippen LogP contribution in [0.2, 0.25) is 0 Å². The lowest BCUT2D eigenvalue weighted by molar-refractivity contribution is 0.103. The summed E-state index contributed by atoms with van der Waals surface area (Å²) in [5.74, 6) is 0.165. The molecule has 0 radical (unpaired) electrons. The second-order valence-corrected chi connectivity index (χ2v) is 11.2. The van der Waals surface area contributed by atoms with Gasteiger partial charge in [0.15, 0.2) is 11.6 Å². The molecule has 0 heterocycles. The van der Waals surface area contributed by atoms with Crippen LogP contribution in [0.25, 0.3) is 22.3 Å². The van der Waals surface area contributed by atoms with Crippen molar-refractivity contribution in [2.45, 2.75) is 27.7 Å². The van der Waals surface area contributed by atoms with Gasteiger partial charge in [-0.25, -0.2) is 0 Å². The molecule has 0 aliphatic carbocycles. The largest absolute Gasteiger partial charge is 0.289 e. The number of hydrogen-bond acceptors (Lipinski definition) is 2.